The number of thiophene rings is 1. The minimum absolute atomic E-state index is 0.783. The molecule has 4 rings (SSSR count). The maximum absolute atomic E-state index is 2.57. The van der Waals surface area contributed by atoms with Gasteiger partial charge in [-0.25, -0.2) is 0 Å². The number of benzene rings is 1. The van der Waals surface area contributed by atoms with Gasteiger partial charge < -0.3 is 4.90 Å². The second kappa shape index (κ2) is 5.58. The van der Waals surface area contributed by atoms with Crippen molar-refractivity contribution >= 4 is 11.3 Å². The zero-order valence-corrected chi connectivity index (χ0v) is 13.5. The molecule has 2 heteroatoms. The third-order valence-electron chi connectivity index (χ3n) is 5.38. The molecule has 0 bridgehead atoms. The molecule has 0 radical (unpaired) electrons. The van der Waals surface area contributed by atoms with Crippen molar-refractivity contribution in [2.75, 3.05) is 13.6 Å². The van der Waals surface area contributed by atoms with Gasteiger partial charge in [0.1, 0.15) is 0 Å². The Morgan fingerprint density at radius 2 is 2.19 bits per heavy atom. The van der Waals surface area contributed by atoms with Crippen molar-refractivity contribution < 1.29 is 0 Å². The summed E-state index contributed by atoms with van der Waals surface area (Å²) in [6, 6.07) is 12.4. The Hall–Kier alpha value is -1.12. The fraction of sp³-hybridized carbons (Fsp3) is 0.474. The number of hydrogen-bond donors (Lipinski definition) is 0. The summed E-state index contributed by atoms with van der Waals surface area (Å²) in [6.07, 6.45) is 6.77. The molecular formula is C19H23NS. The number of aryl methyl sites for hydroxylation is 1. The monoisotopic (exact) mass is 297 g/mol. The van der Waals surface area contributed by atoms with Crippen LogP contribution in [-0.4, -0.2) is 24.5 Å². The number of nitrogens with zero attached hydrogens (tertiary/aromatic N) is 1. The molecule has 0 unspecified atom stereocenters. The van der Waals surface area contributed by atoms with Gasteiger partial charge in [-0.1, -0.05) is 18.2 Å². The Morgan fingerprint density at radius 3 is 2.95 bits per heavy atom. The highest BCUT2D eigenvalue weighted by molar-refractivity contribution is 7.13. The van der Waals surface area contributed by atoms with Gasteiger partial charge in [-0.05, 0) is 85.8 Å². The molecule has 21 heavy (non-hydrogen) atoms. The second-order valence-corrected chi connectivity index (χ2v) is 7.59. The van der Waals surface area contributed by atoms with Crippen LogP contribution >= 0.6 is 11.3 Å². The zero-order valence-electron chi connectivity index (χ0n) is 12.7. The molecule has 0 N–H and O–H groups in total. The smallest absolute Gasteiger partial charge is 0.0342 e. The first kappa shape index (κ1) is 13.5. The van der Waals surface area contributed by atoms with Crippen LogP contribution in [0.3, 0.4) is 0 Å². The fourth-order valence-corrected chi connectivity index (χ4v) is 4.86. The van der Waals surface area contributed by atoms with Crippen molar-refractivity contribution in [3.8, 4) is 10.4 Å². The van der Waals surface area contributed by atoms with Crippen LogP contribution in [0.2, 0.25) is 0 Å². The Bertz CT molecular complexity index is 617. The summed E-state index contributed by atoms with van der Waals surface area (Å²) < 4.78 is 0. The van der Waals surface area contributed by atoms with Gasteiger partial charge >= 0.3 is 0 Å². The quantitative estimate of drug-likeness (QED) is 0.776. The van der Waals surface area contributed by atoms with Crippen LogP contribution < -0.4 is 0 Å². The lowest BCUT2D eigenvalue weighted by atomic mass is 9.91. The normalized spacial score (nSPS) is 25.4. The highest BCUT2D eigenvalue weighted by Crippen LogP contribution is 2.40. The lowest BCUT2D eigenvalue weighted by Gasteiger charge is -2.23. The Balaban J connectivity index is 1.59. The average Bonchev–Trinajstić information content (AvgIpc) is 3.22. The molecular weight excluding hydrogens is 274 g/mol. The maximum Gasteiger partial charge on any atom is 0.0342 e. The predicted molar refractivity (Wildman–Crippen MR) is 91.1 cm³/mol. The maximum atomic E-state index is 2.57. The largest absolute Gasteiger partial charge is 0.303 e. The molecule has 1 aliphatic carbocycles. The topological polar surface area (TPSA) is 3.24 Å². The lowest BCUT2D eigenvalue weighted by Crippen LogP contribution is -2.26. The van der Waals surface area contributed by atoms with Crippen LogP contribution in [0.4, 0.5) is 0 Å². The lowest BCUT2D eigenvalue weighted by molar-refractivity contribution is 0.281. The molecule has 0 saturated carbocycles. The summed E-state index contributed by atoms with van der Waals surface area (Å²) in [6.45, 7) is 1.29. The van der Waals surface area contributed by atoms with Gasteiger partial charge in [0.2, 0.25) is 0 Å². The number of fused-ring (bicyclic) bond motifs is 1. The molecule has 2 aromatic rings. The molecule has 1 aromatic carbocycles. The molecule has 1 nitrogen and oxygen atoms in total. The minimum atomic E-state index is 0.783. The van der Waals surface area contributed by atoms with Gasteiger partial charge in [-0.15, -0.1) is 11.3 Å². The van der Waals surface area contributed by atoms with E-state index in [1.54, 1.807) is 11.1 Å². The van der Waals surface area contributed by atoms with Gasteiger partial charge in [-0.2, -0.15) is 0 Å². The van der Waals surface area contributed by atoms with Crippen molar-refractivity contribution in [3.63, 3.8) is 0 Å². The van der Waals surface area contributed by atoms with E-state index < -0.39 is 0 Å². The third kappa shape index (κ3) is 2.56. The van der Waals surface area contributed by atoms with E-state index in [0.29, 0.717) is 0 Å². The van der Waals surface area contributed by atoms with Gasteiger partial charge in [-0.3, -0.25) is 0 Å². The van der Waals surface area contributed by atoms with Gasteiger partial charge in [0.15, 0.2) is 0 Å². The van der Waals surface area contributed by atoms with E-state index in [2.05, 4.69) is 47.7 Å². The van der Waals surface area contributed by atoms with Crippen molar-refractivity contribution in [1.82, 2.24) is 4.90 Å². The second-order valence-electron chi connectivity index (χ2n) is 6.64. The molecule has 0 amide bonds. The summed E-state index contributed by atoms with van der Waals surface area (Å²) in [5, 5.41) is 2.17. The first-order chi connectivity index (χ1) is 10.3. The molecule has 1 aliphatic heterocycles. The number of likely N-dealkylation sites (tertiary alicyclic amines) is 1. The van der Waals surface area contributed by atoms with Gasteiger partial charge in [0, 0.05) is 10.9 Å². The molecule has 2 aliphatic rings. The van der Waals surface area contributed by atoms with Gasteiger partial charge in [0.25, 0.3) is 0 Å². The van der Waals surface area contributed by atoms with Crippen LogP contribution in [0, 0.1) is 0 Å². The molecule has 110 valence electrons. The van der Waals surface area contributed by atoms with Crippen LogP contribution in [-0.2, 0) is 6.42 Å². The van der Waals surface area contributed by atoms with Crippen molar-refractivity contribution in [1.29, 1.82) is 0 Å². The van der Waals surface area contributed by atoms with E-state index in [9.17, 15) is 0 Å². The predicted octanol–water partition coefficient (Wildman–Crippen LogP) is 4.93. The van der Waals surface area contributed by atoms with E-state index in [1.165, 1.54) is 49.1 Å². The molecule has 1 aromatic heterocycles. The Morgan fingerprint density at radius 1 is 1.24 bits per heavy atom. The van der Waals surface area contributed by atoms with E-state index in [0.717, 1.165) is 12.0 Å². The number of rotatable bonds is 3. The number of hydrogen-bond acceptors (Lipinski definition) is 2. The van der Waals surface area contributed by atoms with E-state index in [-0.39, 0.29) is 0 Å². The Labute approximate surface area is 131 Å². The van der Waals surface area contributed by atoms with Crippen LogP contribution in [0.15, 0.2) is 35.7 Å². The average molecular weight is 297 g/mol. The fourth-order valence-electron chi connectivity index (χ4n) is 4.13. The summed E-state index contributed by atoms with van der Waals surface area (Å²) in [5.41, 5.74) is 4.65. The van der Waals surface area contributed by atoms with Crippen LogP contribution in [0.5, 0.6) is 0 Å². The SMILES string of the molecule is CN1CCC[C@@H]1C[C@H]1CCc2ccc(-c3cccs3)cc21. The highest BCUT2D eigenvalue weighted by Gasteiger charge is 2.29. The summed E-state index contributed by atoms with van der Waals surface area (Å²) in [7, 11) is 2.30. The first-order valence-corrected chi connectivity index (χ1v) is 9.06. The van der Waals surface area contributed by atoms with Crippen molar-refractivity contribution in [2.45, 2.75) is 44.1 Å². The molecule has 1 fully saturated rings. The third-order valence-corrected chi connectivity index (χ3v) is 6.30. The van der Waals surface area contributed by atoms with E-state index in [1.807, 2.05) is 11.3 Å². The van der Waals surface area contributed by atoms with Crippen molar-refractivity contribution in [2.24, 2.45) is 0 Å². The van der Waals surface area contributed by atoms with E-state index in [4.69, 9.17) is 0 Å². The van der Waals surface area contributed by atoms with Crippen molar-refractivity contribution in [3.05, 3.63) is 46.8 Å². The van der Waals surface area contributed by atoms with Crippen LogP contribution in [0.25, 0.3) is 10.4 Å². The van der Waals surface area contributed by atoms with Gasteiger partial charge in [0.05, 0.1) is 0 Å². The molecule has 2 heterocycles. The summed E-state index contributed by atoms with van der Waals surface area (Å²) in [4.78, 5) is 3.97. The van der Waals surface area contributed by atoms with Crippen LogP contribution in [0.1, 0.15) is 42.7 Å². The van der Waals surface area contributed by atoms with E-state index >= 15 is 0 Å². The first-order valence-electron chi connectivity index (χ1n) is 8.18. The zero-order chi connectivity index (χ0) is 14.2. The summed E-state index contributed by atoms with van der Waals surface area (Å²) >= 11 is 1.85. The molecule has 1 saturated heterocycles. The molecule has 2 atom stereocenters. The highest BCUT2D eigenvalue weighted by atomic mass is 32.1. The molecule has 0 spiro atoms. The Kier molecular flexibility index (Phi) is 3.60. The standard InChI is InChI=1S/C19H23NS/c1-20-10-2-4-17(20)12-15-8-6-14-7-9-16(13-18(14)15)19-5-3-11-21-19/h3,5,7,9,11,13,15,17H,2,4,6,8,10,12H2,1H3/t15-,17-/m1/s1. The summed E-state index contributed by atoms with van der Waals surface area (Å²) in [5.74, 6) is 0.783. The minimum Gasteiger partial charge on any atom is -0.303 e.